The molecule has 0 heterocycles. The van der Waals surface area contributed by atoms with E-state index < -0.39 is 16.1 Å². The maximum atomic E-state index is 13.9. The molecule has 0 aliphatic heterocycles. The number of carbonyl (C=O) groups excluding carboxylic acids is 2. The van der Waals surface area contributed by atoms with Crippen LogP contribution < -0.4 is 9.62 Å². The third-order valence-corrected chi connectivity index (χ3v) is 8.83. The van der Waals surface area contributed by atoms with E-state index in [0.717, 1.165) is 29.0 Å². The minimum atomic E-state index is -3.73. The van der Waals surface area contributed by atoms with Gasteiger partial charge in [-0.2, -0.15) is 0 Å². The van der Waals surface area contributed by atoms with Crippen molar-refractivity contribution in [3.63, 3.8) is 0 Å². The first-order chi connectivity index (χ1) is 20.0. The van der Waals surface area contributed by atoms with Crippen LogP contribution in [0.4, 0.5) is 5.69 Å². The number of nitrogens with one attached hydrogen (secondary N) is 1. The van der Waals surface area contributed by atoms with Gasteiger partial charge < -0.3 is 10.2 Å². The smallest absolute Gasteiger partial charge is 0.243 e. The van der Waals surface area contributed by atoms with Crippen LogP contribution >= 0.6 is 34.8 Å². The molecule has 2 amide bonds. The Labute approximate surface area is 263 Å². The van der Waals surface area contributed by atoms with Gasteiger partial charge in [0.25, 0.3) is 0 Å². The van der Waals surface area contributed by atoms with E-state index in [9.17, 15) is 18.0 Å². The van der Waals surface area contributed by atoms with Gasteiger partial charge in [0.05, 0.1) is 17.0 Å². The molecular formula is C31H36Cl3N3O4S. The largest absolute Gasteiger partial charge is 0.354 e. The minimum absolute atomic E-state index is 0.00336. The van der Waals surface area contributed by atoms with Gasteiger partial charge in [0.2, 0.25) is 21.8 Å². The van der Waals surface area contributed by atoms with Crippen molar-refractivity contribution < 1.29 is 18.0 Å². The first kappa shape index (κ1) is 33.7. The van der Waals surface area contributed by atoms with Gasteiger partial charge in [-0.25, -0.2) is 8.42 Å². The molecule has 0 aromatic heterocycles. The van der Waals surface area contributed by atoms with Crippen molar-refractivity contribution in [1.82, 2.24) is 10.2 Å². The molecule has 11 heteroatoms. The summed E-state index contributed by atoms with van der Waals surface area (Å²) in [6, 6.07) is 20.5. The average molecular weight is 653 g/mol. The van der Waals surface area contributed by atoms with E-state index in [1.807, 2.05) is 49.4 Å². The summed E-state index contributed by atoms with van der Waals surface area (Å²) in [4.78, 5) is 29.0. The molecule has 0 spiro atoms. The predicted octanol–water partition coefficient (Wildman–Crippen LogP) is 6.75. The van der Waals surface area contributed by atoms with E-state index in [2.05, 4.69) is 5.32 Å². The molecule has 226 valence electrons. The number of carbonyl (C=O) groups is 2. The van der Waals surface area contributed by atoms with Crippen LogP contribution in [0.15, 0.2) is 72.8 Å². The minimum Gasteiger partial charge on any atom is -0.354 e. The number of amides is 2. The normalized spacial score (nSPS) is 12.0. The molecule has 3 rings (SSSR count). The number of hydrogen-bond donors (Lipinski definition) is 1. The zero-order valence-corrected chi connectivity index (χ0v) is 26.8. The van der Waals surface area contributed by atoms with Gasteiger partial charge in [0, 0.05) is 42.5 Å². The summed E-state index contributed by atoms with van der Waals surface area (Å²) in [5.74, 6) is -0.552. The van der Waals surface area contributed by atoms with Crippen molar-refractivity contribution in [2.75, 3.05) is 23.7 Å². The number of sulfonamides is 1. The van der Waals surface area contributed by atoms with Gasteiger partial charge >= 0.3 is 0 Å². The number of rotatable bonds is 15. The third-order valence-electron chi connectivity index (χ3n) is 6.73. The van der Waals surface area contributed by atoms with Crippen LogP contribution in [0, 0.1) is 0 Å². The molecule has 1 atom stereocenters. The Morgan fingerprint density at radius 2 is 1.60 bits per heavy atom. The Bertz CT molecular complexity index is 1450. The number of anilines is 1. The van der Waals surface area contributed by atoms with Crippen LogP contribution in [0.3, 0.4) is 0 Å². The van der Waals surface area contributed by atoms with Gasteiger partial charge in [-0.1, -0.05) is 96.7 Å². The highest BCUT2D eigenvalue weighted by Gasteiger charge is 2.31. The van der Waals surface area contributed by atoms with Gasteiger partial charge in [-0.3, -0.25) is 13.9 Å². The lowest BCUT2D eigenvalue weighted by Crippen LogP contribution is -2.50. The summed E-state index contributed by atoms with van der Waals surface area (Å²) in [5, 5.41) is 4.03. The summed E-state index contributed by atoms with van der Waals surface area (Å²) < 4.78 is 26.5. The first-order valence-electron chi connectivity index (χ1n) is 13.8. The zero-order chi connectivity index (χ0) is 30.7. The Morgan fingerprint density at radius 1 is 0.905 bits per heavy atom. The number of halogens is 3. The Balaban J connectivity index is 1.90. The fraction of sp³-hybridized carbons (Fsp3) is 0.355. The molecule has 3 aromatic rings. The Kier molecular flexibility index (Phi) is 13.0. The molecule has 42 heavy (non-hydrogen) atoms. The van der Waals surface area contributed by atoms with Crippen LogP contribution in [0.5, 0.6) is 0 Å². The number of hydrogen-bond acceptors (Lipinski definition) is 4. The van der Waals surface area contributed by atoms with Crippen molar-refractivity contribution in [2.45, 2.75) is 51.6 Å². The van der Waals surface area contributed by atoms with E-state index in [1.165, 1.54) is 12.1 Å². The fourth-order valence-electron chi connectivity index (χ4n) is 4.53. The second kappa shape index (κ2) is 16.2. The highest BCUT2D eigenvalue weighted by atomic mass is 35.5. The SMILES string of the molecule is CCCCNC(=O)[C@H](Cc1ccccc1)N(Cc1ccccc1Cl)C(=O)CCCN(c1cc(Cl)ccc1Cl)S(C)(=O)=O. The third kappa shape index (κ3) is 9.90. The van der Waals surface area contributed by atoms with Crippen molar-refractivity contribution >= 4 is 62.3 Å². The van der Waals surface area contributed by atoms with Crippen molar-refractivity contribution in [3.05, 3.63) is 99.0 Å². The lowest BCUT2D eigenvalue weighted by atomic mass is 10.0. The highest BCUT2D eigenvalue weighted by molar-refractivity contribution is 7.92. The zero-order valence-electron chi connectivity index (χ0n) is 23.7. The summed E-state index contributed by atoms with van der Waals surface area (Å²) >= 11 is 18.9. The van der Waals surface area contributed by atoms with E-state index in [4.69, 9.17) is 34.8 Å². The number of nitrogens with zero attached hydrogens (tertiary/aromatic N) is 2. The molecule has 3 aromatic carbocycles. The monoisotopic (exact) mass is 651 g/mol. The van der Waals surface area contributed by atoms with Gasteiger partial charge in [-0.15, -0.1) is 0 Å². The summed E-state index contributed by atoms with van der Waals surface area (Å²) in [6.07, 6.45) is 3.29. The fourth-order valence-corrected chi connectivity index (χ4v) is 6.13. The second-order valence-electron chi connectivity index (χ2n) is 10.00. The first-order valence-corrected chi connectivity index (χ1v) is 16.8. The van der Waals surface area contributed by atoms with E-state index in [1.54, 1.807) is 23.1 Å². The van der Waals surface area contributed by atoms with Gasteiger partial charge in [0.15, 0.2) is 0 Å². The van der Waals surface area contributed by atoms with Crippen LogP contribution in [0.25, 0.3) is 0 Å². The lowest BCUT2D eigenvalue weighted by Gasteiger charge is -2.32. The van der Waals surface area contributed by atoms with Gasteiger partial charge in [0.1, 0.15) is 6.04 Å². The van der Waals surface area contributed by atoms with Crippen LogP contribution in [0.2, 0.25) is 15.1 Å². The standard InChI is InChI=1S/C31H36Cl3N3O4S/c1-3-4-18-35-31(39)29(20-23-11-6-5-7-12-23)36(22-24-13-8-9-14-26(24)33)30(38)15-10-19-37(42(2,40)41)28-21-25(32)16-17-27(28)34/h5-9,11-14,16-17,21,29H,3-4,10,15,18-20,22H2,1-2H3,(H,35,39)/t29-/m0/s1. The van der Waals surface area contributed by atoms with Crippen LogP contribution in [-0.2, 0) is 32.6 Å². The number of unbranched alkanes of at least 4 members (excludes halogenated alkanes) is 1. The molecular weight excluding hydrogens is 617 g/mol. The summed E-state index contributed by atoms with van der Waals surface area (Å²) in [6.45, 7) is 2.65. The molecule has 0 bridgehead atoms. The quantitative estimate of drug-likeness (QED) is 0.184. The van der Waals surface area contributed by atoms with Crippen molar-refractivity contribution in [2.24, 2.45) is 0 Å². The number of benzene rings is 3. The maximum Gasteiger partial charge on any atom is 0.243 e. The Morgan fingerprint density at radius 3 is 2.26 bits per heavy atom. The summed E-state index contributed by atoms with van der Waals surface area (Å²) in [7, 11) is -3.73. The molecule has 1 N–H and O–H groups in total. The molecule has 0 saturated carbocycles. The van der Waals surface area contributed by atoms with E-state index in [0.29, 0.717) is 28.6 Å². The molecule has 0 fully saturated rings. The van der Waals surface area contributed by atoms with E-state index >= 15 is 0 Å². The molecule has 0 aliphatic rings. The van der Waals surface area contributed by atoms with Crippen molar-refractivity contribution in [1.29, 1.82) is 0 Å². The molecule has 0 saturated heterocycles. The van der Waals surface area contributed by atoms with Crippen LogP contribution in [-0.4, -0.2) is 50.5 Å². The maximum absolute atomic E-state index is 13.9. The molecule has 0 aliphatic carbocycles. The average Bonchev–Trinajstić information content (AvgIpc) is 2.95. The molecule has 0 radical (unpaired) electrons. The summed E-state index contributed by atoms with van der Waals surface area (Å²) in [5.41, 5.74) is 1.85. The highest BCUT2D eigenvalue weighted by Crippen LogP contribution is 2.31. The Hall–Kier alpha value is -2.78. The topological polar surface area (TPSA) is 86.8 Å². The van der Waals surface area contributed by atoms with E-state index in [-0.39, 0.29) is 48.5 Å². The van der Waals surface area contributed by atoms with Crippen LogP contribution in [0.1, 0.15) is 43.7 Å². The second-order valence-corrected chi connectivity index (χ2v) is 13.2. The predicted molar refractivity (Wildman–Crippen MR) is 172 cm³/mol. The molecule has 0 unspecified atom stereocenters. The van der Waals surface area contributed by atoms with Gasteiger partial charge in [-0.05, 0) is 48.2 Å². The van der Waals surface area contributed by atoms with Crippen molar-refractivity contribution in [3.8, 4) is 0 Å². The lowest BCUT2D eigenvalue weighted by molar-refractivity contribution is -0.141. The molecule has 7 nitrogen and oxygen atoms in total.